The Morgan fingerprint density at radius 1 is 1.06 bits per heavy atom. The van der Waals surface area contributed by atoms with Gasteiger partial charge in [-0.25, -0.2) is 12.8 Å². The highest BCUT2D eigenvalue weighted by Gasteiger charge is 2.31. The first kappa shape index (κ1) is 27.3. The van der Waals surface area contributed by atoms with E-state index in [1.165, 1.54) is 29.2 Å². The summed E-state index contributed by atoms with van der Waals surface area (Å²) >= 11 is 0. The van der Waals surface area contributed by atoms with Crippen molar-refractivity contribution in [1.29, 1.82) is 0 Å². The number of anilines is 1. The van der Waals surface area contributed by atoms with Crippen LogP contribution < -0.4 is 9.62 Å². The Kier molecular flexibility index (Phi) is 8.47. The van der Waals surface area contributed by atoms with Gasteiger partial charge in [-0.15, -0.1) is 0 Å². The number of nitrogens with zero attached hydrogens (tertiary/aromatic N) is 2. The zero-order valence-corrected chi connectivity index (χ0v) is 21.7. The van der Waals surface area contributed by atoms with Gasteiger partial charge in [0.05, 0.1) is 11.9 Å². The lowest BCUT2D eigenvalue weighted by Crippen LogP contribution is -2.54. The van der Waals surface area contributed by atoms with Crippen LogP contribution in [0.2, 0.25) is 0 Å². The van der Waals surface area contributed by atoms with Crippen molar-refractivity contribution in [3.8, 4) is 0 Å². The fraction of sp³-hybridized carbons (Fsp3) is 0.440. The van der Waals surface area contributed by atoms with Gasteiger partial charge in [0.15, 0.2) is 0 Å². The number of hydrogen-bond acceptors (Lipinski definition) is 4. The third-order valence-electron chi connectivity index (χ3n) is 5.24. The van der Waals surface area contributed by atoms with Gasteiger partial charge in [-0.2, -0.15) is 0 Å². The number of sulfonamides is 1. The van der Waals surface area contributed by atoms with E-state index in [1.54, 1.807) is 26.0 Å². The quantitative estimate of drug-likeness (QED) is 0.612. The lowest BCUT2D eigenvalue weighted by Gasteiger charge is -2.33. The zero-order chi connectivity index (χ0) is 25.8. The number of amides is 2. The van der Waals surface area contributed by atoms with E-state index in [-0.39, 0.29) is 12.5 Å². The van der Waals surface area contributed by atoms with Crippen molar-refractivity contribution in [2.45, 2.75) is 59.7 Å². The molecule has 0 radical (unpaired) electrons. The number of nitrogens with one attached hydrogen (secondary N) is 1. The molecule has 0 heterocycles. The van der Waals surface area contributed by atoms with Crippen molar-refractivity contribution in [2.75, 3.05) is 17.1 Å². The van der Waals surface area contributed by atoms with Gasteiger partial charge in [0.25, 0.3) is 0 Å². The zero-order valence-electron chi connectivity index (χ0n) is 20.8. The molecule has 0 saturated carbocycles. The second-order valence-electron chi connectivity index (χ2n) is 9.62. The fourth-order valence-corrected chi connectivity index (χ4v) is 4.33. The highest BCUT2D eigenvalue weighted by molar-refractivity contribution is 7.92. The molecule has 0 spiro atoms. The van der Waals surface area contributed by atoms with Crippen molar-refractivity contribution in [1.82, 2.24) is 10.2 Å². The first-order valence-corrected chi connectivity index (χ1v) is 12.8. The molecule has 2 amide bonds. The van der Waals surface area contributed by atoms with Crippen LogP contribution in [0.5, 0.6) is 0 Å². The molecule has 0 aliphatic heterocycles. The molecule has 186 valence electrons. The summed E-state index contributed by atoms with van der Waals surface area (Å²) in [6, 6.07) is 10.1. The lowest BCUT2D eigenvalue weighted by molar-refractivity contribution is -0.140. The van der Waals surface area contributed by atoms with E-state index in [9.17, 15) is 22.4 Å². The summed E-state index contributed by atoms with van der Waals surface area (Å²) in [4.78, 5) is 27.7. The summed E-state index contributed by atoms with van der Waals surface area (Å²) in [5, 5.41) is 2.86. The van der Waals surface area contributed by atoms with Gasteiger partial charge in [0, 0.05) is 12.1 Å². The Labute approximate surface area is 202 Å². The van der Waals surface area contributed by atoms with Crippen LogP contribution in [0.1, 0.15) is 44.4 Å². The monoisotopic (exact) mass is 491 g/mol. The van der Waals surface area contributed by atoms with Gasteiger partial charge in [-0.1, -0.05) is 24.3 Å². The van der Waals surface area contributed by atoms with Crippen molar-refractivity contribution in [3.63, 3.8) is 0 Å². The highest BCUT2D eigenvalue weighted by atomic mass is 32.2. The summed E-state index contributed by atoms with van der Waals surface area (Å²) < 4.78 is 39.8. The van der Waals surface area contributed by atoms with Crippen molar-refractivity contribution in [2.24, 2.45) is 0 Å². The number of benzene rings is 2. The maximum atomic E-state index is 13.5. The minimum atomic E-state index is -3.80. The van der Waals surface area contributed by atoms with E-state index in [4.69, 9.17) is 0 Å². The minimum absolute atomic E-state index is 0.0161. The molecule has 1 unspecified atom stereocenters. The second-order valence-corrected chi connectivity index (χ2v) is 11.5. The third kappa shape index (κ3) is 7.55. The van der Waals surface area contributed by atoms with Crippen LogP contribution in [-0.2, 0) is 26.2 Å². The summed E-state index contributed by atoms with van der Waals surface area (Å²) in [6.07, 6.45) is 1.04. The van der Waals surface area contributed by atoms with E-state index in [1.807, 2.05) is 33.8 Å². The average molecular weight is 492 g/mol. The van der Waals surface area contributed by atoms with Crippen molar-refractivity contribution in [3.05, 3.63) is 65.0 Å². The maximum absolute atomic E-state index is 13.5. The molecule has 0 aromatic heterocycles. The molecule has 0 bridgehead atoms. The molecule has 0 fully saturated rings. The summed E-state index contributed by atoms with van der Waals surface area (Å²) in [7, 11) is -3.80. The number of hydrogen-bond donors (Lipinski definition) is 1. The van der Waals surface area contributed by atoms with Crippen molar-refractivity contribution >= 4 is 27.5 Å². The summed E-state index contributed by atoms with van der Waals surface area (Å²) in [5.74, 6) is -1.34. The van der Waals surface area contributed by atoms with Gasteiger partial charge in [0.1, 0.15) is 18.4 Å². The van der Waals surface area contributed by atoms with Crippen LogP contribution in [0.25, 0.3) is 0 Å². The molecule has 2 aromatic rings. The number of aryl methyl sites for hydroxylation is 2. The minimum Gasteiger partial charge on any atom is -0.350 e. The van der Waals surface area contributed by atoms with E-state index >= 15 is 0 Å². The predicted molar refractivity (Wildman–Crippen MR) is 132 cm³/mol. The second kappa shape index (κ2) is 10.5. The van der Waals surface area contributed by atoms with E-state index in [0.717, 1.165) is 16.1 Å². The SMILES string of the molecule is Cc1ccc(C)c(N(CC(=O)N(Cc2ccc(F)cc2)C(C)C(=O)NC(C)(C)C)S(C)(=O)=O)c1. The van der Waals surface area contributed by atoms with Crippen LogP contribution in [-0.4, -0.2) is 49.5 Å². The maximum Gasteiger partial charge on any atom is 0.244 e. The van der Waals surface area contributed by atoms with Crippen molar-refractivity contribution < 1.29 is 22.4 Å². The molecule has 34 heavy (non-hydrogen) atoms. The average Bonchev–Trinajstić information content (AvgIpc) is 2.70. The molecule has 0 aliphatic carbocycles. The molecule has 1 N–H and O–H groups in total. The molecule has 1 atom stereocenters. The molecule has 2 aromatic carbocycles. The summed E-state index contributed by atoms with van der Waals surface area (Å²) in [6.45, 7) is 10.2. The number of rotatable bonds is 8. The summed E-state index contributed by atoms with van der Waals surface area (Å²) in [5.41, 5.74) is 2.05. The largest absolute Gasteiger partial charge is 0.350 e. The van der Waals surface area contributed by atoms with Gasteiger partial charge in [0.2, 0.25) is 21.8 Å². The Morgan fingerprint density at radius 2 is 1.65 bits per heavy atom. The molecule has 7 nitrogen and oxygen atoms in total. The topological polar surface area (TPSA) is 86.8 Å². The Hall–Kier alpha value is -2.94. The Bertz CT molecular complexity index is 1140. The Balaban J connectivity index is 2.44. The first-order valence-electron chi connectivity index (χ1n) is 11.0. The first-order chi connectivity index (χ1) is 15.6. The predicted octanol–water partition coefficient (Wildman–Crippen LogP) is 3.54. The molecular formula is C25H34FN3O4S. The number of carbonyl (C=O) groups excluding carboxylic acids is 2. The van der Waals surface area contributed by atoms with Crippen LogP contribution in [0.3, 0.4) is 0 Å². The molecule has 2 rings (SSSR count). The van der Waals surface area contributed by atoms with Gasteiger partial charge < -0.3 is 10.2 Å². The molecular weight excluding hydrogens is 457 g/mol. The number of carbonyl (C=O) groups is 2. The molecule has 9 heteroatoms. The standard InChI is InChI=1S/C25H34FN3O4S/c1-17-8-9-18(2)22(14-17)29(34(7,32)33)16-23(30)28(15-20-10-12-21(26)13-11-20)19(3)24(31)27-25(4,5)6/h8-14,19H,15-16H2,1-7H3,(H,27,31). The lowest BCUT2D eigenvalue weighted by atomic mass is 10.1. The van der Waals surface area contributed by atoms with Gasteiger partial charge >= 0.3 is 0 Å². The van der Waals surface area contributed by atoms with E-state index in [0.29, 0.717) is 16.8 Å². The van der Waals surface area contributed by atoms with Gasteiger partial charge in [-0.05, 0) is 76.4 Å². The Morgan fingerprint density at radius 3 is 2.18 bits per heavy atom. The van der Waals surface area contributed by atoms with Crippen LogP contribution in [0.15, 0.2) is 42.5 Å². The van der Waals surface area contributed by atoms with E-state index in [2.05, 4.69) is 5.32 Å². The fourth-order valence-electron chi connectivity index (χ4n) is 3.43. The van der Waals surface area contributed by atoms with Crippen LogP contribution in [0.4, 0.5) is 10.1 Å². The highest BCUT2D eigenvalue weighted by Crippen LogP contribution is 2.24. The van der Waals surface area contributed by atoms with Gasteiger partial charge in [-0.3, -0.25) is 13.9 Å². The molecule has 0 aliphatic rings. The van der Waals surface area contributed by atoms with E-state index < -0.39 is 39.9 Å². The smallest absolute Gasteiger partial charge is 0.244 e. The van der Waals surface area contributed by atoms with Crippen LogP contribution in [0, 0.1) is 19.7 Å². The molecule has 0 saturated heterocycles. The normalized spacial score (nSPS) is 12.7. The third-order valence-corrected chi connectivity index (χ3v) is 6.37. The number of halogens is 1. The van der Waals surface area contributed by atoms with Crippen LogP contribution >= 0.6 is 0 Å².